The predicted octanol–water partition coefficient (Wildman–Crippen LogP) is 4.25. The second-order valence-corrected chi connectivity index (χ2v) is 8.26. The lowest BCUT2D eigenvalue weighted by atomic mass is 10.2. The molecule has 1 aliphatic heterocycles. The molecule has 0 radical (unpaired) electrons. The van der Waals surface area contributed by atoms with Crippen LogP contribution >= 0.6 is 27.7 Å². The van der Waals surface area contributed by atoms with Crippen LogP contribution in [0.1, 0.15) is 5.56 Å². The van der Waals surface area contributed by atoms with E-state index in [2.05, 4.69) is 25.7 Å². The van der Waals surface area contributed by atoms with Crippen LogP contribution in [0.2, 0.25) is 0 Å². The van der Waals surface area contributed by atoms with E-state index in [0.717, 1.165) is 10.2 Å². The van der Waals surface area contributed by atoms with Crippen LogP contribution in [0.3, 0.4) is 0 Å². The van der Waals surface area contributed by atoms with Gasteiger partial charge in [0.05, 0.1) is 30.9 Å². The van der Waals surface area contributed by atoms with Crippen LogP contribution in [-0.2, 0) is 19.1 Å². The molecular formula is C22H21BrN2O5S. The van der Waals surface area contributed by atoms with Crippen molar-refractivity contribution in [2.24, 2.45) is 4.99 Å². The van der Waals surface area contributed by atoms with E-state index in [-0.39, 0.29) is 12.5 Å². The molecule has 0 unspecified atom stereocenters. The Bertz CT molecular complexity index is 1010. The van der Waals surface area contributed by atoms with E-state index in [0.29, 0.717) is 34.5 Å². The summed E-state index contributed by atoms with van der Waals surface area (Å²) in [4.78, 5) is 31.3. The third-order valence-corrected chi connectivity index (χ3v) is 5.72. The summed E-state index contributed by atoms with van der Waals surface area (Å²) in [7, 11) is 2.89. The Hall–Kier alpha value is -2.62. The van der Waals surface area contributed by atoms with Crippen molar-refractivity contribution < 1.29 is 23.8 Å². The second kappa shape index (κ2) is 11.1. The highest BCUT2D eigenvalue weighted by molar-refractivity contribution is 9.10. The minimum Gasteiger partial charge on any atom is -0.481 e. The van der Waals surface area contributed by atoms with Gasteiger partial charge in [0.15, 0.2) is 11.8 Å². The number of rotatable bonds is 8. The molecule has 1 amide bonds. The van der Waals surface area contributed by atoms with Gasteiger partial charge in [-0.15, -0.1) is 0 Å². The Labute approximate surface area is 193 Å². The molecule has 9 heteroatoms. The van der Waals surface area contributed by atoms with E-state index in [1.165, 1.54) is 18.9 Å². The van der Waals surface area contributed by atoms with Crippen LogP contribution in [0.4, 0.5) is 5.69 Å². The molecule has 162 valence electrons. The molecule has 1 aliphatic rings. The van der Waals surface area contributed by atoms with Gasteiger partial charge in [-0.25, -0.2) is 9.79 Å². The predicted molar refractivity (Wildman–Crippen MR) is 124 cm³/mol. The number of amides is 1. The number of thioether (sulfide) groups is 1. The molecular weight excluding hydrogens is 484 g/mol. The molecule has 1 saturated heterocycles. The number of hydrogen-bond acceptors (Lipinski definition) is 7. The Balaban J connectivity index is 1.93. The second-order valence-electron chi connectivity index (χ2n) is 6.34. The maximum atomic E-state index is 13.1. The maximum Gasteiger partial charge on any atom is 0.343 e. The highest BCUT2D eigenvalue weighted by atomic mass is 79.9. The zero-order valence-electron chi connectivity index (χ0n) is 17.0. The summed E-state index contributed by atoms with van der Waals surface area (Å²) in [5.74, 6) is -0.196. The SMILES string of the molecule is COCCN1C(=O)C(=Cc2cc(Br)ccc2OCC(=O)OC)SC1=Nc1ccccc1. The number of benzene rings is 2. The molecule has 1 fully saturated rings. The number of para-hydroxylation sites is 1. The van der Waals surface area contributed by atoms with E-state index < -0.39 is 5.97 Å². The van der Waals surface area contributed by atoms with Crippen molar-refractivity contribution >= 4 is 56.5 Å². The normalized spacial score (nSPS) is 16.2. The lowest BCUT2D eigenvalue weighted by molar-refractivity contribution is -0.142. The van der Waals surface area contributed by atoms with E-state index in [1.54, 1.807) is 30.2 Å². The number of esters is 1. The van der Waals surface area contributed by atoms with Crippen LogP contribution in [0.5, 0.6) is 5.75 Å². The number of aliphatic imine (C=N–C) groups is 1. The molecule has 31 heavy (non-hydrogen) atoms. The summed E-state index contributed by atoms with van der Waals surface area (Å²) in [6.45, 7) is 0.545. The fourth-order valence-electron chi connectivity index (χ4n) is 2.68. The van der Waals surface area contributed by atoms with Crippen molar-refractivity contribution in [2.75, 3.05) is 34.0 Å². The summed E-state index contributed by atoms with van der Waals surface area (Å²) < 4.78 is 16.2. The summed E-state index contributed by atoms with van der Waals surface area (Å²) in [6.07, 6.45) is 1.73. The molecule has 0 atom stereocenters. The van der Waals surface area contributed by atoms with Gasteiger partial charge in [0, 0.05) is 17.1 Å². The molecule has 0 spiro atoms. The highest BCUT2D eigenvalue weighted by Crippen LogP contribution is 2.36. The van der Waals surface area contributed by atoms with Crippen molar-refractivity contribution in [3.05, 3.63) is 63.5 Å². The van der Waals surface area contributed by atoms with Gasteiger partial charge in [-0.2, -0.15) is 0 Å². The Morgan fingerprint density at radius 2 is 1.97 bits per heavy atom. The number of hydrogen-bond donors (Lipinski definition) is 0. The summed E-state index contributed by atoms with van der Waals surface area (Å²) in [5.41, 5.74) is 1.41. The quantitative estimate of drug-likeness (QED) is 0.395. The number of methoxy groups -OCH3 is 2. The lowest BCUT2D eigenvalue weighted by Crippen LogP contribution is -2.32. The minimum atomic E-state index is -0.490. The van der Waals surface area contributed by atoms with Crippen molar-refractivity contribution in [1.82, 2.24) is 4.90 Å². The maximum absolute atomic E-state index is 13.1. The average Bonchev–Trinajstić information content (AvgIpc) is 3.06. The van der Waals surface area contributed by atoms with Gasteiger partial charge in [0.2, 0.25) is 0 Å². The molecule has 2 aromatic carbocycles. The van der Waals surface area contributed by atoms with Crippen molar-refractivity contribution in [3.63, 3.8) is 0 Å². The number of carbonyl (C=O) groups is 2. The fraction of sp³-hybridized carbons (Fsp3) is 0.227. The van der Waals surface area contributed by atoms with Crippen molar-refractivity contribution in [1.29, 1.82) is 0 Å². The molecule has 0 aromatic heterocycles. The Morgan fingerprint density at radius 1 is 1.19 bits per heavy atom. The first-order valence-electron chi connectivity index (χ1n) is 9.35. The molecule has 1 heterocycles. The molecule has 3 rings (SSSR count). The molecule has 0 bridgehead atoms. The van der Waals surface area contributed by atoms with Gasteiger partial charge in [-0.3, -0.25) is 9.69 Å². The van der Waals surface area contributed by atoms with Crippen molar-refractivity contribution in [3.8, 4) is 5.75 Å². The Morgan fingerprint density at radius 3 is 2.68 bits per heavy atom. The van der Waals surface area contributed by atoms with Gasteiger partial charge in [0.1, 0.15) is 5.75 Å². The molecule has 0 aliphatic carbocycles. The first kappa shape index (κ1) is 23.1. The smallest absolute Gasteiger partial charge is 0.343 e. The molecule has 2 aromatic rings. The van der Waals surface area contributed by atoms with Crippen LogP contribution in [0.25, 0.3) is 6.08 Å². The summed E-state index contributed by atoms with van der Waals surface area (Å²) in [6, 6.07) is 14.8. The van der Waals surface area contributed by atoms with Gasteiger partial charge in [0.25, 0.3) is 5.91 Å². The molecule has 7 nitrogen and oxygen atoms in total. The zero-order valence-corrected chi connectivity index (χ0v) is 19.4. The number of halogens is 1. The van der Waals surface area contributed by atoms with Crippen molar-refractivity contribution in [2.45, 2.75) is 0 Å². The topological polar surface area (TPSA) is 77.4 Å². The van der Waals surface area contributed by atoms with E-state index >= 15 is 0 Å². The average molecular weight is 505 g/mol. The zero-order chi connectivity index (χ0) is 22.2. The van der Waals surface area contributed by atoms with Gasteiger partial charge >= 0.3 is 5.97 Å². The summed E-state index contributed by atoms with van der Waals surface area (Å²) >= 11 is 4.72. The fourth-order valence-corrected chi connectivity index (χ4v) is 4.08. The monoisotopic (exact) mass is 504 g/mol. The highest BCUT2D eigenvalue weighted by Gasteiger charge is 2.33. The van der Waals surface area contributed by atoms with Crippen LogP contribution < -0.4 is 4.74 Å². The number of amidine groups is 1. The van der Waals surface area contributed by atoms with Crippen LogP contribution in [0.15, 0.2) is 62.9 Å². The van der Waals surface area contributed by atoms with E-state index in [4.69, 9.17) is 9.47 Å². The minimum absolute atomic E-state index is 0.171. The number of ether oxygens (including phenoxy) is 3. The Kier molecular flexibility index (Phi) is 8.27. The van der Waals surface area contributed by atoms with Gasteiger partial charge < -0.3 is 14.2 Å². The summed E-state index contributed by atoms with van der Waals surface area (Å²) in [5, 5.41) is 0.575. The third-order valence-electron chi connectivity index (χ3n) is 4.22. The van der Waals surface area contributed by atoms with Gasteiger partial charge in [-0.05, 0) is 48.2 Å². The first-order valence-corrected chi connectivity index (χ1v) is 11.0. The van der Waals surface area contributed by atoms with E-state index in [1.807, 2.05) is 36.4 Å². The molecule has 0 saturated carbocycles. The first-order chi connectivity index (χ1) is 15.0. The molecule has 0 N–H and O–H groups in total. The third kappa shape index (κ3) is 6.19. The van der Waals surface area contributed by atoms with Crippen LogP contribution in [-0.4, -0.2) is 55.9 Å². The number of carbonyl (C=O) groups excluding carboxylic acids is 2. The standard InChI is InChI=1S/C22H21BrN2O5S/c1-28-11-10-25-21(27)19(31-22(25)24-17-6-4-3-5-7-17)13-15-12-16(23)8-9-18(15)30-14-20(26)29-2/h3-9,12-13H,10-11,14H2,1-2H3. The largest absolute Gasteiger partial charge is 0.481 e. The van der Waals surface area contributed by atoms with Crippen LogP contribution in [0, 0.1) is 0 Å². The number of nitrogens with zero attached hydrogens (tertiary/aromatic N) is 2. The van der Waals surface area contributed by atoms with Gasteiger partial charge in [-0.1, -0.05) is 34.1 Å². The van der Waals surface area contributed by atoms with E-state index in [9.17, 15) is 9.59 Å². The lowest BCUT2D eigenvalue weighted by Gasteiger charge is -2.14.